The van der Waals surface area contributed by atoms with Crippen LogP contribution in [0.2, 0.25) is 10.0 Å². The Bertz CT molecular complexity index is 609. The molecule has 0 amide bonds. The van der Waals surface area contributed by atoms with Gasteiger partial charge in [0, 0.05) is 29.1 Å². The first kappa shape index (κ1) is 13.0. The zero-order valence-electron chi connectivity index (χ0n) is 10.7. The Kier molecular flexibility index (Phi) is 3.53. The predicted molar refractivity (Wildman–Crippen MR) is 81.1 cm³/mol. The molecule has 0 radical (unpaired) electrons. The molecular formula is C16H15Cl2N. The molecule has 1 nitrogen and oxygen atoms in total. The smallest absolute Gasteiger partial charge is 0.0459 e. The number of nitrogens with zero attached hydrogens (tertiary/aromatic N) is 1. The lowest BCUT2D eigenvalue weighted by atomic mass is 9.85. The number of halogens is 2. The van der Waals surface area contributed by atoms with Gasteiger partial charge in [-0.15, -0.1) is 0 Å². The monoisotopic (exact) mass is 291 g/mol. The first-order valence-corrected chi connectivity index (χ1v) is 7.12. The van der Waals surface area contributed by atoms with Crippen LogP contribution in [-0.4, -0.2) is 18.5 Å². The second-order valence-corrected chi connectivity index (χ2v) is 5.96. The lowest BCUT2D eigenvalue weighted by Crippen LogP contribution is -2.31. The minimum absolute atomic E-state index is 0.319. The molecule has 0 N–H and O–H groups in total. The molecule has 1 atom stereocenters. The van der Waals surface area contributed by atoms with E-state index in [2.05, 4.69) is 36.2 Å². The zero-order valence-corrected chi connectivity index (χ0v) is 12.2. The van der Waals surface area contributed by atoms with Crippen LogP contribution in [0.3, 0.4) is 0 Å². The second-order valence-electron chi connectivity index (χ2n) is 5.11. The van der Waals surface area contributed by atoms with Crippen molar-refractivity contribution in [2.75, 3.05) is 13.6 Å². The van der Waals surface area contributed by atoms with E-state index in [9.17, 15) is 0 Å². The molecule has 19 heavy (non-hydrogen) atoms. The van der Waals surface area contributed by atoms with Crippen LogP contribution in [0.15, 0.2) is 42.5 Å². The molecule has 98 valence electrons. The number of rotatable bonds is 1. The zero-order chi connectivity index (χ0) is 13.4. The molecule has 0 fully saturated rings. The van der Waals surface area contributed by atoms with Gasteiger partial charge in [0.05, 0.1) is 0 Å². The lowest BCUT2D eigenvalue weighted by Gasteiger charge is -2.33. The van der Waals surface area contributed by atoms with Crippen molar-refractivity contribution < 1.29 is 0 Å². The highest BCUT2D eigenvalue weighted by Crippen LogP contribution is 2.37. The number of benzene rings is 2. The normalized spacial score (nSPS) is 19.2. The Morgan fingerprint density at radius 3 is 2.63 bits per heavy atom. The maximum absolute atomic E-state index is 6.37. The molecule has 0 spiro atoms. The molecule has 0 aliphatic carbocycles. The van der Waals surface area contributed by atoms with Crippen LogP contribution in [0, 0.1) is 0 Å². The van der Waals surface area contributed by atoms with E-state index in [0.29, 0.717) is 10.9 Å². The fourth-order valence-corrected chi connectivity index (χ4v) is 3.37. The Hall–Kier alpha value is -1.02. The van der Waals surface area contributed by atoms with Crippen LogP contribution in [0.5, 0.6) is 0 Å². The first-order valence-electron chi connectivity index (χ1n) is 6.36. The summed E-state index contributed by atoms with van der Waals surface area (Å²) in [5.41, 5.74) is 3.92. The third-order valence-electron chi connectivity index (χ3n) is 3.70. The van der Waals surface area contributed by atoms with Crippen molar-refractivity contribution in [2.45, 2.75) is 12.5 Å². The molecule has 0 saturated carbocycles. The molecule has 0 saturated heterocycles. The summed E-state index contributed by atoms with van der Waals surface area (Å²) < 4.78 is 0. The third-order valence-corrected chi connectivity index (χ3v) is 4.27. The maximum atomic E-state index is 6.37. The fraction of sp³-hybridized carbons (Fsp3) is 0.250. The van der Waals surface area contributed by atoms with Gasteiger partial charge in [-0.3, -0.25) is 0 Å². The highest BCUT2D eigenvalue weighted by Gasteiger charge is 2.25. The van der Waals surface area contributed by atoms with Crippen molar-refractivity contribution in [3.05, 3.63) is 69.2 Å². The quantitative estimate of drug-likeness (QED) is 0.744. The molecule has 2 aromatic carbocycles. The minimum atomic E-state index is 0.319. The van der Waals surface area contributed by atoms with Gasteiger partial charge in [0.25, 0.3) is 0 Å². The molecule has 0 aromatic heterocycles. The van der Waals surface area contributed by atoms with Gasteiger partial charge < -0.3 is 4.90 Å². The summed E-state index contributed by atoms with van der Waals surface area (Å²) in [6, 6.07) is 14.4. The average Bonchev–Trinajstić information content (AvgIpc) is 2.38. The number of fused-ring (bicyclic) bond motifs is 1. The van der Waals surface area contributed by atoms with Gasteiger partial charge in [0.1, 0.15) is 0 Å². The van der Waals surface area contributed by atoms with Crippen molar-refractivity contribution >= 4 is 23.2 Å². The third kappa shape index (κ3) is 2.51. The summed E-state index contributed by atoms with van der Waals surface area (Å²) in [5.74, 6) is 0.319. The molecule has 1 aliphatic rings. The Balaban J connectivity index is 2.10. The van der Waals surface area contributed by atoms with E-state index in [4.69, 9.17) is 23.2 Å². The molecule has 3 rings (SSSR count). The maximum Gasteiger partial charge on any atom is 0.0459 e. The van der Waals surface area contributed by atoms with Crippen LogP contribution >= 0.6 is 23.2 Å². The minimum Gasteiger partial charge on any atom is -0.301 e. The second kappa shape index (κ2) is 5.16. The van der Waals surface area contributed by atoms with Crippen LogP contribution in [0.1, 0.15) is 22.6 Å². The van der Waals surface area contributed by atoms with E-state index in [1.54, 1.807) is 0 Å². The van der Waals surface area contributed by atoms with Crippen LogP contribution < -0.4 is 0 Å². The molecular weight excluding hydrogens is 277 g/mol. The Morgan fingerprint density at radius 2 is 1.84 bits per heavy atom. The van der Waals surface area contributed by atoms with Gasteiger partial charge in [-0.1, -0.05) is 53.5 Å². The van der Waals surface area contributed by atoms with Gasteiger partial charge in [-0.25, -0.2) is 0 Å². The van der Waals surface area contributed by atoms with Crippen molar-refractivity contribution in [1.29, 1.82) is 0 Å². The Morgan fingerprint density at radius 1 is 1.05 bits per heavy atom. The predicted octanol–water partition coefficient (Wildman–Crippen LogP) is 4.57. The topological polar surface area (TPSA) is 3.24 Å². The summed E-state index contributed by atoms with van der Waals surface area (Å²) in [5, 5.41) is 1.44. The lowest BCUT2D eigenvalue weighted by molar-refractivity contribution is 0.295. The van der Waals surface area contributed by atoms with E-state index in [1.807, 2.05) is 18.2 Å². The standard InChI is InChI=1S/C16H15Cl2N/c1-19-9-11-4-2-3-5-13(11)15(10-19)14-7-6-12(17)8-16(14)18/h2-8,15H,9-10H2,1H3. The summed E-state index contributed by atoms with van der Waals surface area (Å²) in [6.45, 7) is 1.98. The number of hydrogen-bond donors (Lipinski definition) is 0. The van der Waals surface area contributed by atoms with Crippen molar-refractivity contribution in [3.63, 3.8) is 0 Å². The largest absolute Gasteiger partial charge is 0.301 e. The molecule has 2 aromatic rings. The van der Waals surface area contributed by atoms with E-state index in [-0.39, 0.29) is 0 Å². The van der Waals surface area contributed by atoms with E-state index < -0.39 is 0 Å². The molecule has 3 heteroatoms. The molecule has 1 aliphatic heterocycles. The van der Waals surface area contributed by atoms with Gasteiger partial charge >= 0.3 is 0 Å². The number of hydrogen-bond acceptors (Lipinski definition) is 1. The summed E-state index contributed by atoms with van der Waals surface area (Å²) >= 11 is 12.4. The van der Waals surface area contributed by atoms with E-state index >= 15 is 0 Å². The van der Waals surface area contributed by atoms with Gasteiger partial charge in [0.15, 0.2) is 0 Å². The van der Waals surface area contributed by atoms with Gasteiger partial charge in [0.2, 0.25) is 0 Å². The van der Waals surface area contributed by atoms with Crippen molar-refractivity contribution in [3.8, 4) is 0 Å². The van der Waals surface area contributed by atoms with Crippen molar-refractivity contribution in [2.24, 2.45) is 0 Å². The molecule has 1 heterocycles. The summed E-state index contributed by atoms with van der Waals surface area (Å²) in [4.78, 5) is 2.33. The summed E-state index contributed by atoms with van der Waals surface area (Å²) in [7, 11) is 2.15. The SMILES string of the molecule is CN1Cc2ccccc2C(c2ccc(Cl)cc2Cl)C1. The molecule has 1 unspecified atom stereocenters. The first-order chi connectivity index (χ1) is 9.15. The van der Waals surface area contributed by atoms with Gasteiger partial charge in [-0.05, 0) is 35.9 Å². The summed E-state index contributed by atoms with van der Waals surface area (Å²) in [6.07, 6.45) is 0. The van der Waals surface area contributed by atoms with Crippen LogP contribution in [0.4, 0.5) is 0 Å². The molecule has 0 bridgehead atoms. The van der Waals surface area contributed by atoms with E-state index in [0.717, 1.165) is 23.7 Å². The van der Waals surface area contributed by atoms with E-state index in [1.165, 1.54) is 11.1 Å². The highest BCUT2D eigenvalue weighted by molar-refractivity contribution is 6.35. The van der Waals surface area contributed by atoms with Crippen LogP contribution in [-0.2, 0) is 6.54 Å². The van der Waals surface area contributed by atoms with Gasteiger partial charge in [-0.2, -0.15) is 0 Å². The average molecular weight is 292 g/mol. The number of likely N-dealkylation sites (N-methyl/N-ethyl adjacent to an activating group) is 1. The Labute approximate surface area is 123 Å². The van der Waals surface area contributed by atoms with Crippen LogP contribution in [0.25, 0.3) is 0 Å². The van der Waals surface area contributed by atoms with Crippen molar-refractivity contribution in [1.82, 2.24) is 4.90 Å². The fourth-order valence-electron chi connectivity index (χ4n) is 2.83. The highest BCUT2D eigenvalue weighted by atomic mass is 35.5.